The third-order valence-corrected chi connectivity index (χ3v) is 1.82. The fourth-order valence-electron chi connectivity index (χ4n) is 1.22. The molecule has 0 spiro atoms. The van der Waals surface area contributed by atoms with Crippen molar-refractivity contribution in [2.45, 2.75) is 0 Å². The molecule has 0 aliphatic heterocycles. The molecule has 0 aliphatic rings. The number of aromatic amines is 1. The highest BCUT2D eigenvalue weighted by molar-refractivity contribution is 5.80. The highest BCUT2D eigenvalue weighted by atomic mass is 16.1. The van der Waals surface area contributed by atoms with Crippen LogP contribution in [0.2, 0.25) is 0 Å². The van der Waals surface area contributed by atoms with Gasteiger partial charge in [-0.25, -0.2) is 0 Å². The number of quaternary nitrogens is 1. The van der Waals surface area contributed by atoms with Crippen LogP contribution in [0.5, 0.6) is 0 Å². The Kier molecular flexibility index (Phi) is 1.45. The number of H-pyrrole nitrogens is 1. The Labute approximate surface area is 68.8 Å². The molecule has 60 valence electrons. The van der Waals surface area contributed by atoms with Gasteiger partial charge in [0.25, 0.3) is 0 Å². The zero-order valence-electron chi connectivity index (χ0n) is 6.50. The number of benzene rings is 1. The van der Waals surface area contributed by atoms with Gasteiger partial charge in [-0.3, -0.25) is 4.79 Å². The maximum Gasteiger partial charge on any atom is 0.189 e. The summed E-state index contributed by atoms with van der Waals surface area (Å²) < 4.78 is 0. The maximum absolute atomic E-state index is 11.3. The first-order chi connectivity index (χ1) is 5.77. The summed E-state index contributed by atoms with van der Waals surface area (Å²) in [4.78, 5) is 14.3. The molecule has 3 nitrogen and oxygen atoms in total. The molecule has 1 aromatic heterocycles. The van der Waals surface area contributed by atoms with E-state index < -0.39 is 0 Å². The van der Waals surface area contributed by atoms with E-state index in [-0.39, 0.29) is 5.43 Å². The molecular weight excluding hydrogens is 152 g/mol. The lowest BCUT2D eigenvalue weighted by molar-refractivity contribution is -0.254. The number of nitrogens with one attached hydrogen (secondary N) is 1. The molecule has 3 heteroatoms. The van der Waals surface area contributed by atoms with Crippen molar-refractivity contribution in [3.8, 4) is 0 Å². The van der Waals surface area contributed by atoms with Crippen molar-refractivity contribution in [1.82, 2.24) is 4.98 Å². The molecule has 0 saturated heterocycles. The normalized spacial score (nSPS) is 10.4. The minimum absolute atomic E-state index is 0.0363. The first-order valence-corrected chi connectivity index (χ1v) is 3.71. The molecule has 1 heterocycles. The predicted octanol–water partition coefficient (Wildman–Crippen LogP) is 0.401. The monoisotopic (exact) mass is 161 g/mol. The topological polar surface area (TPSA) is 60.5 Å². The van der Waals surface area contributed by atoms with E-state index in [0.717, 1.165) is 11.2 Å². The van der Waals surface area contributed by atoms with E-state index in [1.165, 1.54) is 6.07 Å². The van der Waals surface area contributed by atoms with Gasteiger partial charge in [-0.2, -0.15) is 0 Å². The average Bonchev–Trinajstić information content (AvgIpc) is 2.07. The second kappa shape index (κ2) is 2.46. The van der Waals surface area contributed by atoms with Crippen molar-refractivity contribution in [2.24, 2.45) is 0 Å². The molecule has 0 bridgehead atoms. The summed E-state index contributed by atoms with van der Waals surface area (Å²) in [5.41, 5.74) is 5.51. The van der Waals surface area contributed by atoms with Gasteiger partial charge in [0, 0.05) is 29.9 Å². The van der Waals surface area contributed by atoms with E-state index in [1.54, 1.807) is 12.3 Å². The summed E-state index contributed by atoms with van der Waals surface area (Å²) in [6.45, 7) is 0. The Balaban J connectivity index is 2.98. The lowest BCUT2D eigenvalue weighted by Crippen LogP contribution is -2.40. The molecule has 2 aromatic rings. The number of fused-ring (bicyclic) bond motifs is 1. The van der Waals surface area contributed by atoms with Gasteiger partial charge in [0.05, 0.1) is 5.39 Å². The highest BCUT2D eigenvalue weighted by Crippen LogP contribution is 2.09. The number of aromatic nitrogens is 1. The SMILES string of the molecule is [NH3+]c1ccc2[nH]ccc(=O)c2c1. The van der Waals surface area contributed by atoms with Crippen molar-refractivity contribution in [2.75, 3.05) is 0 Å². The molecule has 0 aliphatic carbocycles. The first kappa shape index (κ1) is 7.06. The van der Waals surface area contributed by atoms with Crippen LogP contribution in [0.3, 0.4) is 0 Å². The fraction of sp³-hybridized carbons (Fsp3) is 0. The summed E-state index contributed by atoms with van der Waals surface area (Å²) in [6.07, 6.45) is 1.65. The largest absolute Gasteiger partial charge is 0.361 e. The van der Waals surface area contributed by atoms with Crippen LogP contribution in [0, 0.1) is 0 Å². The Hall–Kier alpha value is -1.61. The van der Waals surface area contributed by atoms with Crippen LogP contribution >= 0.6 is 0 Å². The molecule has 0 saturated carbocycles. The highest BCUT2D eigenvalue weighted by Gasteiger charge is 1.98. The molecule has 4 N–H and O–H groups in total. The van der Waals surface area contributed by atoms with Gasteiger partial charge in [-0.1, -0.05) is 0 Å². The lowest BCUT2D eigenvalue weighted by Gasteiger charge is -1.94. The summed E-state index contributed by atoms with van der Waals surface area (Å²) in [5, 5.41) is 0.699. The summed E-state index contributed by atoms with van der Waals surface area (Å²) in [5.74, 6) is 0. The van der Waals surface area contributed by atoms with Gasteiger partial charge < -0.3 is 10.7 Å². The maximum atomic E-state index is 11.3. The molecule has 2 rings (SSSR count). The lowest BCUT2D eigenvalue weighted by atomic mass is 10.2. The van der Waals surface area contributed by atoms with Gasteiger partial charge in [0.1, 0.15) is 5.69 Å². The van der Waals surface area contributed by atoms with Gasteiger partial charge in [0.2, 0.25) is 0 Å². The summed E-state index contributed by atoms with van der Waals surface area (Å²) in [6, 6.07) is 7.04. The molecule has 0 fully saturated rings. The minimum Gasteiger partial charge on any atom is -0.361 e. The number of rotatable bonds is 0. The first-order valence-electron chi connectivity index (χ1n) is 3.71. The van der Waals surface area contributed by atoms with Crippen LogP contribution in [0.15, 0.2) is 35.3 Å². The molecule has 0 radical (unpaired) electrons. The van der Waals surface area contributed by atoms with Gasteiger partial charge in [0.15, 0.2) is 5.43 Å². The zero-order valence-corrected chi connectivity index (χ0v) is 6.50. The minimum atomic E-state index is 0.0363. The van der Waals surface area contributed by atoms with Crippen LogP contribution < -0.4 is 11.2 Å². The van der Waals surface area contributed by atoms with E-state index >= 15 is 0 Å². The van der Waals surface area contributed by atoms with Gasteiger partial charge >= 0.3 is 0 Å². The van der Waals surface area contributed by atoms with E-state index in [0.29, 0.717) is 5.39 Å². The van der Waals surface area contributed by atoms with Crippen molar-refractivity contribution < 1.29 is 5.73 Å². The van der Waals surface area contributed by atoms with Crippen LogP contribution in [0.4, 0.5) is 5.69 Å². The third kappa shape index (κ3) is 1.00. The van der Waals surface area contributed by atoms with E-state index in [1.807, 2.05) is 12.1 Å². The van der Waals surface area contributed by atoms with Crippen LogP contribution in [-0.2, 0) is 0 Å². The second-order valence-electron chi connectivity index (χ2n) is 2.72. The van der Waals surface area contributed by atoms with E-state index in [2.05, 4.69) is 10.7 Å². The quantitative estimate of drug-likeness (QED) is 0.577. The van der Waals surface area contributed by atoms with E-state index in [9.17, 15) is 4.79 Å². The molecule has 0 unspecified atom stereocenters. The predicted molar refractivity (Wildman–Crippen MR) is 47.1 cm³/mol. The standard InChI is InChI=1S/C9H8N2O/c10-6-1-2-8-7(5-6)9(12)3-4-11-8/h1-5H,10H2,(H,11,12)/p+1. The fourth-order valence-corrected chi connectivity index (χ4v) is 1.22. The molecule has 12 heavy (non-hydrogen) atoms. The Morgan fingerprint density at radius 2 is 2.08 bits per heavy atom. The summed E-state index contributed by atoms with van der Waals surface area (Å²) >= 11 is 0. The van der Waals surface area contributed by atoms with Gasteiger partial charge in [-0.05, 0) is 6.07 Å². The second-order valence-corrected chi connectivity index (χ2v) is 2.72. The van der Waals surface area contributed by atoms with E-state index in [4.69, 9.17) is 0 Å². The zero-order chi connectivity index (χ0) is 8.55. The smallest absolute Gasteiger partial charge is 0.189 e. The Morgan fingerprint density at radius 1 is 1.25 bits per heavy atom. The Bertz CT molecular complexity index is 473. The molecule has 1 aromatic carbocycles. The van der Waals surface area contributed by atoms with Crippen molar-refractivity contribution >= 4 is 16.6 Å². The number of hydrogen-bond acceptors (Lipinski definition) is 1. The van der Waals surface area contributed by atoms with Crippen molar-refractivity contribution in [1.29, 1.82) is 0 Å². The average molecular weight is 161 g/mol. The van der Waals surface area contributed by atoms with Crippen molar-refractivity contribution in [3.63, 3.8) is 0 Å². The van der Waals surface area contributed by atoms with Crippen LogP contribution in [0.25, 0.3) is 10.9 Å². The van der Waals surface area contributed by atoms with Crippen LogP contribution in [0.1, 0.15) is 0 Å². The van der Waals surface area contributed by atoms with Gasteiger partial charge in [-0.15, -0.1) is 0 Å². The third-order valence-electron chi connectivity index (χ3n) is 1.82. The molecular formula is C9H9N2O+. The molecule has 0 atom stereocenters. The number of hydrogen-bond donors (Lipinski definition) is 2. The van der Waals surface area contributed by atoms with Crippen molar-refractivity contribution in [3.05, 3.63) is 40.7 Å². The number of pyridine rings is 1. The Morgan fingerprint density at radius 3 is 2.92 bits per heavy atom. The summed E-state index contributed by atoms with van der Waals surface area (Å²) in [7, 11) is 0. The molecule has 0 amide bonds. The van der Waals surface area contributed by atoms with Crippen LogP contribution in [-0.4, -0.2) is 4.98 Å².